The lowest BCUT2D eigenvalue weighted by Crippen LogP contribution is -2.26. The van der Waals surface area contributed by atoms with Gasteiger partial charge in [0, 0.05) is 42.9 Å². The monoisotopic (exact) mass is 650 g/mol. The van der Waals surface area contributed by atoms with Crippen molar-refractivity contribution >= 4 is 65.1 Å². The van der Waals surface area contributed by atoms with Crippen molar-refractivity contribution in [2.24, 2.45) is 0 Å². The van der Waals surface area contributed by atoms with Crippen LogP contribution < -0.4 is 4.31 Å². The fourth-order valence-electron chi connectivity index (χ4n) is 4.21. The summed E-state index contributed by atoms with van der Waals surface area (Å²) >= 11 is 2.74. The number of aromatic amines is 1. The van der Waals surface area contributed by atoms with Crippen molar-refractivity contribution in [2.75, 3.05) is 30.7 Å². The molecule has 1 aromatic carbocycles. The second-order valence-electron chi connectivity index (χ2n) is 9.24. The third kappa shape index (κ3) is 7.09. The number of carboxylic acids is 1. The molecule has 5 rings (SSSR count). The zero-order chi connectivity index (χ0) is 30.2. The fourth-order valence-corrected chi connectivity index (χ4v) is 8.52. The van der Waals surface area contributed by atoms with Crippen LogP contribution in [-0.2, 0) is 31.2 Å². The molecule has 0 bridgehead atoms. The summed E-state index contributed by atoms with van der Waals surface area (Å²) in [4.78, 5) is 20.0. The summed E-state index contributed by atoms with van der Waals surface area (Å²) in [5, 5.41) is 10.3. The molecule has 1 fully saturated rings. The van der Waals surface area contributed by atoms with Gasteiger partial charge in [0.05, 0.1) is 22.1 Å². The summed E-state index contributed by atoms with van der Waals surface area (Å²) in [6, 6.07) is 10.9. The molecule has 17 heteroatoms. The molecule has 3 aromatic heterocycles. The van der Waals surface area contributed by atoms with Crippen LogP contribution >= 0.6 is 22.7 Å². The van der Waals surface area contributed by atoms with E-state index in [0.717, 1.165) is 33.0 Å². The van der Waals surface area contributed by atoms with Gasteiger partial charge in [-0.05, 0) is 36.5 Å². The van der Waals surface area contributed by atoms with Crippen LogP contribution in [0.2, 0.25) is 0 Å². The van der Waals surface area contributed by atoms with E-state index >= 15 is 0 Å². The highest BCUT2D eigenvalue weighted by Crippen LogP contribution is 2.35. The molecule has 1 aliphatic rings. The molecule has 0 aliphatic carbocycles. The number of sulfone groups is 1. The Morgan fingerprint density at radius 1 is 1.22 bits per heavy atom. The maximum Gasteiger partial charge on any atom is 0.490 e. The molecule has 1 atom stereocenters. The molecular weight excluding hydrogens is 626 g/mol. The van der Waals surface area contributed by atoms with Gasteiger partial charge < -0.3 is 10.1 Å². The first-order valence-electron chi connectivity index (χ1n) is 11.9. The number of para-hydroxylation sites is 1. The molecular formula is C24H25F3N4O6S4. The van der Waals surface area contributed by atoms with Crippen molar-refractivity contribution < 1.29 is 39.9 Å². The van der Waals surface area contributed by atoms with E-state index < -0.39 is 32.0 Å². The lowest BCUT2D eigenvalue weighted by Gasteiger charge is -2.19. The van der Waals surface area contributed by atoms with Crippen LogP contribution in [0.4, 0.5) is 18.9 Å². The van der Waals surface area contributed by atoms with Crippen LogP contribution in [0, 0.1) is 0 Å². The molecule has 0 amide bonds. The van der Waals surface area contributed by atoms with E-state index in [0.29, 0.717) is 29.4 Å². The molecule has 1 aliphatic heterocycles. The van der Waals surface area contributed by atoms with E-state index in [1.165, 1.54) is 21.9 Å². The van der Waals surface area contributed by atoms with Gasteiger partial charge in [-0.1, -0.05) is 18.2 Å². The molecule has 1 unspecified atom stereocenters. The van der Waals surface area contributed by atoms with Gasteiger partial charge in [-0.25, -0.2) is 26.6 Å². The zero-order valence-electron chi connectivity index (χ0n) is 21.6. The predicted molar refractivity (Wildman–Crippen MR) is 152 cm³/mol. The van der Waals surface area contributed by atoms with Crippen LogP contribution in [0.25, 0.3) is 21.6 Å². The topological polar surface area (TPSA) is 141 Å². The Bertz CT molecular complexity index is 1750. The van der Waals surface area contributed by atoms with Crippen molar-refractivity contribution in [3.63, 3.8) is 0 Å². The minimum absolute atomic E-state index is 0.295. The largest absolute Gasteiger partial charge is 0.490 e. The highest BCUT2D eigenvalue weighted by molar-refractivity contribution is 7.94. The minimum atomic E-state index is -5.08. The highest BCUT2D eigenvalue weighted by Gasteiger charge is 2.38. The first-order valence-corrected chi connectivity index (χ1v) is 17.0. The van der Waals surface area contributed by atoms with Crippen LogP contribution in [0.5, 0.6) is 0 Å². The number of rotatable bonds is 7. The van der Waals surface area contributed by atoms with E-state index in [4.69, 9.17) is 9.90 Å². The molecule has 222 valence electrons. The summed E-state index contributed by atoms with van der Waals surface area (Å²) in [5.74, 6) is -2.76. The number of likely N-dealkylation sites (tertiary alicyclic amines) is 1. The summed E-state index contributed by atoms with van der Waals surface area (Å²) in [6.45, 7) is 1.97. The Morgan fingerprint density at radius 3 is 2.51 bits per heavy atom. The lowest BCUT2D eigenvalue weighted by molar-refractivity contribution is -0.192. The number of nitrogens with one attached hydrogen (secondary N) is 1. The number of nitrogens with zero attached hydrogens (tertiary/aromatic N) is 3. The molecule has 10 nitrogen and oxygen atoms in total. The van der Waals surface area contributed by atoms with Gasteiger partial charge in [-0.2, -0.15) is 13.2 Å². The van der Waals surface area contributed by atoms with Gasteiger partial charge >= 0.3 is 12.1 Å². The number of thiophene rings is 1. The minimum Gasteiger partial charge on any atom is -0.475 e. The van der Waals surface area contributed by atoms with Crippen LogP contribution in [0.3, 0.4) is 0 Å². The SMILES string of the molecule is CN(c1cccc2cc(-c3ncc(CN4CCC(S(C)(=O)=O)C4)s3)[nH]c12)S(=O)(=O)c1cccs1.O=C(O)C(F)(F)F. The van der Waals surface area contributed by atoms with Crippen LogP contribution in [0.1, 0.15) is 11.3 Å². The maximum atomic E-state index is 13.0. The summed E-state index contributed by atoms with van der Waals surface area (Å²) in [5.41, 5.74) is 2.11. The summed E-state index contributed by atoms with van der Waals surface area (Å²) in [6.07, 6.45) is -1.29. The third-order valence-corrected chi connectivity index (χ3v) is 12.1. The Kier molecular flexibility index (Phi) is 8.84. The Balaban J connectivity index is 0.000000493. The number of carbonyl (C=O) groups is 1. The first-order chi connectivity index (χ1) is 19.1. The number of sulfonamides is 1. The Morgan fingerprint density at radius 2 is 1.93 bits per heavy atom. The third-order valence-electron chi connectivity index (χ3n) is 6.32. The quantitative estimate of drug-likeness (QED) is 0.300. The molecule has 41 heavy (non-hydrogen) atoms. The standard InChI is InChI=1S/C22H24N4O4S4.C2HF3O2/c1-25(34(29,30)20-7-4-10-31-20)19-6-3-5-15-11-18(24-21(15)19)22-23-12-16(32-22)13-26-9-8-17(14-26)33(2,27)28;3-2(4,5)1(6)7/h3-7,10-12,17,24H,8-9,13-14H2,1-2H3;(H,6,7). The van der Waals surface area contributed by atoms with E-state index in [1.54, 1.807) is 42.0 Å². The number of aliphatic carboxylic acids is 1. The molecule has 0 radical (unpaired) electrons. The number of anilines is 1. The average Bonchev–Trinajstić information content (AvgIpc) is 3.69. The smallest absolute Gasteiger partial charge is 0.475 e. The van der Waals surface area contributed by atoms with Crippen molar-refractivity contribution in [2.45, 2.75) is 28.6 Å². The Hall–Kier alpha value is -2.99. The normalized spacial score (nSPS) is 16.5. The van der Waals surface area contributed by atoms with Gasteiger partial charge in [0.25, 0.3) is 10.0 Å². The number of H-pyrrole nitrogens is 1. The number of halogens is 3. The van der Waals surface area contributed by atoms with E-state index in [1.807, 2.05) is 24.4 Å². The molecule has 4 heterocycles. The Labute approximate surface area is 242 Å². The molecule has 4 aromatic rings. The molecule has 0 saturated carbocycles. The molecule has 2 N–H and O–H groups in total. The van der Waals surface area contributed by atoms with Gasteiger partial charge in [0.15, 0.2) is 9.84 Å². The number of thiazole rings is 1. The second kappa shape index (κ2) is 11.7. The fraction of sp³-hybridized carbons (Fsp3) is 0.333. The number of fused-ring (bicyclic) bond motifs is 1. The van der Waals surface area contributed by atoms with Crippen LogP contribution in [-0.4, -0.2) is 80.6 Å². The molecule has 0 spiro atoms. The van der Waals surface area contributed by atoms with E-state index in [2.05, 4.69) is 14.9 Å². The van der Waals surface area contributed by atoms with Gasteiger partial charge in [0.1, 0.15) is 9.22 Å². The predicted octanol–water partition coefficient (Wildman–Crippen LogP) is 4.43. The number of hydrogen-bond acceptors (Lipinski definition) is 9. The van der Waals surface area contributed by atoms with Crippen molar-refractivity contribution in [3.8, 4) is 10.7 Å². The van der Waals surface area contributed by atoms with E-state index in [-0.39, 0.29) is 5.25 Å². The number of benzene rings is 1. The van der Waals surface area contributed by atoms with Gasteiger partial charge in [0.2, 0.25) is 0 Å². The highest BCUT2D eigenvalue weighted by atomic mass is 32.2. The average molecular weight is 651 g/mol. The van der Waals surface area contributed by atoms with E-state index in [9.17, 15) is 30.0 Å². The van der Waals surface area contributed by atoms with Crippen LogP contribution in [0.15, 0.2) is 52.2 Å². The maximum absolute atomic E-state index is 13.0. The molecule has 1 saturated heterocycles. The van der Waals surface area contributed by atoms with Crippen molar-refractivity contribution in [1.82, 2.24) is 14.9 Å². The second-order valence-corrected chi connectivity index (χ2v) is 15.8. The number of carboxylic acid groups (broad SMARTS) is 1. The van der Waals surface area contributed by atoms with Gasteiger partial charge in [-0.3, -0.25) is 9.21 Å². The lowest BCUT2D eigenvalue weighted by atomic mass is 10.2. The summed E-state index contributed by atoms with van der Waals surface area (Å²) in [7, 11) is -5.11. The first kappa shape index (κ1) is 31.0. The van der Waals surface area contributed by atoms with Crippen molar-refractivity contribution in [3.05, 3.63) is 52.9 Å². The number of hydrogen-bond donors (Lipinski definition) is 2. The van der Waals surface area contributed by atoms with Crippen molar-refractivity contribution in [1.29, 1.82) is 0 Å². The zero-order valence-corrected chi connectivity index (χ0v) is 24.9. The number of alkyl halides is 3. The van der Waals surface area contributed by atoms with Gasteiger partial charge in [-0.15, -0.1) is 22.7 Å². The number of aromatic nitrogens is 2. The summed E-state index contributed by atoms with van der Waals surface area (Å²) < 4.78 is 83.1.